The number of benzene rings is 1. The molecule has 0 spiro atoms. The van der Waals surface area contributed by atoms with Gasteiger partial charge in [0.15, 0.2) is 5.69 Å². The number of rotatable bonds is 7. The molecule has 1 aliphatic rings. The van der Waals surface area contributed by atoms with Crippen LogP contribution in [0.5, 0.6) is 0 Å². The molecule has 1 aliphatic heterocycles. The molecule has 1 fully saturated rings. The van der Waals surface area contributed by atoms with Gasteiger partial charge < -0.3 is 10.4 Å². The second-order valence-electron chi connectivity index (χ2n) is 6.12. The van der Waals surface area contributed by atoms with E-state index in [0.29, 0.717) is 5.82 Å². The Labute approximate surface area is 147 Å². The summed E-state index contributed by atoms with van der Waals surface area (Å²) in [6, 6.07) is 10.6. The van der Waals surface area contributed by atoms with Crippen LogP contribution in [0.3, 0.4) is 0 Å². The third-order valence-electron chi connectivity index (χ3n) is 4.32. The Hall–Kier alpha value is -2.51. The van der Waals surface area contributed by atoms with Crippen molar-refractivity contribution in [2.45, 2.75) is 6.54 Å². The number of piperazine rings is 1. The van der Waals surface area contributed by atoms with Crippen molar-refractivity contribution in [2.75, 3.05) is 44.6 Å². The zero-order valence-corrected chi connectivity index (χ0v) is 14.1. The van der Waals surface area contributed by atoms with Gasteiger partial charge in [0, 0.05) is 45.8 Å². The van der Waals surface area contributed by atoms with Crippen molar-refractivity contribution in [2.24, 2.45) is 0 Å². The SMILES string of the molecule is O=C(O)c1cnc(NCCN2CCN(Cc3ccccc3)CC2)cn1. The van der Waals surface area contributed by atoms with Crippen LogP contribution >= 0.6 is 0 Å². The molecular formula is C18H23N5O2. The van der Waals surface area contributed by atoms with E-state index in [9.17, 15) is 4.79 Å². The molecule has 2 N–H and O–H groups in total. The van der Waals surface area contributed by atoms with Crippen LogP contribution in [-0.4, -0.2) is 70.1 Å². The largest absolute Gasteiger partial charge is 0.476 e. The van der Waals surface area contributed by atoms with E-state index in [-0.39, 0.29) is 5.69 Å². The molecule has 0 bridgehead atoms. The van der Waals surface area contributed by atoms with Gasteiger partial charge in [-0.2, -0.15) is 0 Å². The number of aromatic nitrogens is 2. The number of nitrogens with one attached hydrogen (secondary N) is 1. The minimum atomic E-state index is -1.06. The molecule has 1 aromatic heterocycles. The van der Waals surface area contributed by atoms with Crippen LogP contribution in [-0.2, 0) is 6.54 Å². The average Bonchev–Trinajstić information content (AvgIpc) is 2.64. The predicted molar refractivity (Wildman–Crippen MR) is 95.6 cm³/mol. The van der Waals surface area contributed by atoms with Gasteiger partial charge in [0.25, 0.3) is 0 Å². The molecule has 0 radical (unpaired) electrons. The first-order valence-corrected chi connectivity index (χ1v) is 8.48. The second kappa shape index (κ2) is 8.55. The minimum absolute atomic E-state index is 0.0416. The number of carbonyl (C=O) groups is 1. The topological polar surface area (TPSA) is 81.6 Å². The number of hydrogen-bond acceptors (Lipinski definition) is 6. The highest BCUT2D eigenvalue weighted by molar-refractivity contribution is 5.84. The maximum Gasteiger partial charge on any atom is 0.356 e. The fourth-order valence-electron chi connectivity index (χ4n) is 2.88. The third-order valence-corrected chi connectivity index (χ3v) is 4.32. The molecular weight excluding hydrogens is 318 g/mol. The Morgan fingerprint density at radius 3 is 2.40 bits per heavy atom. The van der Waals surface area contributed by atoms with E-state index in [4.69, 9.17) is 5.11 Å². The molecule has 3 rings (SSSR count). The molecule has 132 valence electrons. The highest BCUT2D eigenvalue weighted by atomic mass is 16.4. The molecule has 0 amide bonds. The van der Waals surface area contributed by atoms with Crippen molar-refractivity contribution in [1.82, 2.24) is 19.8 Å². The maximum atomic E-state index is 10.7. The molecule has 7 heteroatoms. The van der Waals surface area contributed by atoms with Crippen LogP contribution in [0.15, 0.2) is 42.7 Å². The Kier molecular flexibility index (Phi) is 5.92. The van der Waals surface area contributed by atoms with Gasteiger partial charge in [-0.25, -0.2) is 14.8 Å². The van der Waals surface area contributed by atoms with Crippen molar-refractivity contribution in [3.8, 4) is 0 Å². The van der Waals surface area contributed by atoms with E-state index in [1.807, 2.05) is 6.07 Å². The quantitative estimate of drug-likeness (QED) is 0.788. The van der Waals surface area contributed by atoms with Crippen molar-refractivity contribution < 1.29 is 9.90 Å². The molecule has 1 aromatic carbocycles. The van der Waals surface area contributed by atoms with Crippen molar-refractivity contribution in [1.29, 1.82) is 0 Å². The van der Waals surface area contributed by atoms with E-state index in [2.05, 4.69) is 49.4 Å². The molecule has 1 saturated heterocycles. The van der Waals surface area contributed by atoms with Gasteiger partial charge >= 0.3 is 5.97 Å². The number of hydrogen-bond donors (Lipinski definition) is 2. The van der Waals surface area contributed by atoms with Crippen LogP contribution in [0.1, 0.15) is 16.1 Å². The molecule has 0 aliphatic carbocycles. The molecule has 0 atom stereocenters. The normalized spacial score (nSPS) is 15.8. The summed E-state index contributed by atoms with van der Waals surface area (Å²) in [5.41, 5.74) is 1.32. The summed E-state index contributed by atoms with van der Waals surface area (Å²) >= 11 is 0. The van der Waals surface area contributed by atoms with Gasteiger partial charge in [-0.05, 0) is 5.56 Å². The number of carboxylic acids is 1. The maximum absolute atomic E-state index is 10.7. The van der Waals surface area contributed by atoms with E-state index >= 15 is 0 Å². The van der Waals surface area contributed by atoms with Crippen LogP contribution < -0.4 is 5.32 Å². The third kappa shape index (κ3) is 5.23. The van der Waals surface area contributed by atoms with Gasteiger partial charge in [0.2, 0.25) is 0 Å². The van der Waals surface area contributed by atoms with Crippen molar-refractivity contribution in [3.05, 3.63) is 54.0 Å². The predicted octanol–water partition coefficient (Wildman–Crippen LogP) is 1.40. The first-order valence-electron chi connectivity index (χ1n) is 8.48. The summed E-state index contributed by atoms with van der Waals surface area (Å²) in [7, 11) is 0. The lowest BCUT2D eigenvalue weighted by atomic mass is 10.2. The summed E-state index contributed by atoms with van der Waals surface area (Å²) in [6.07, 6.45) is 2.73. The number of carboxylic acid groups (broad SMARTS) is 1. The molecule has 7 nitrogen and oxygen atoms in total. The summed E-state index contributed by atoms with van der Waals surface area (Å²) in [4.78, 5) is 23.6. The van der Waals surface area contributed by atoms with Gasteiger partial charge in [0.05, 0.1) is 12.4 Å². The van der Waals surface area contributed by atoms with Crippen molar-refractivity contribution in [3.63, 3.8) is 0 Å². The van der Waals surface area contributed by atoms with Gasteiger partial charge in [0.1, 0.15) is 5.82 Å². The van der Waals surface area contributed by atoms with Crippen LogP contribution in [0.2, 0.25) is 0 Å². The molecule has 2 aromatic rings. The molecule has 0 saturated carbocycles. The average molecular weight is 341 g/mol. The Morgan fingerprint density at radius 2 is 1.76 bits per heavy atom. The first kappa shape index (κ1) is 17.3. The number of nitrogens with zero attached hydrogens (tertiary/aromatic N) is 4. The van der Waals surface area contributed by atoms with E-state index in [1.54, 1.807) is 0 Å². The zero-order valence-electron chi connectivity index (χ0n) is 14.1. The summed E-state index contributed by atoms with van der Waals surface area (Å²) in [6.45, 7) is 6.96. The second-order valence-corrected chi connectivity index (χ2v) is 6.12. The number of anilines is 1. The standard InChI is InChI=1S/C18H23N5O2/c24-18(25)16-12-21-17(13-20-16)19-6-7-22-8-10-23(11-9-22)14-15-4-2-1-3-5-15/h1-5,12-13H,6-11,14H2,(H,19,21)(H,24,25). The lowest BCUT2D eigenvalue weighted by Gasteiger charge is -2.34. The van der Waals surface area contributed by atoms with Crippen LogP contribution in [0, 0.1) is 0 Å². The summed E-state index contributed by atoms with van der Waals surface area (Å²) in [5, 5.41) is 12.0. The van der Waals surface area contributed by atoms with Crippen LogP contribution in [0.4, 0.5) is 5.82 Å². The first-order chi connectivity index (χ1) is 12.2. The van der Waals surface area contributed by atoms with E-state index in [0.717, 1.165) is 45.8 Å². The Morgan fingerprint density at radius 1 is 1.04 bits per heavy atom. The smallest absolute Gasteiger partial charge is 0.356 e. The lowest BCUT2D eigenvalue weighted by molar-refractivity contribution is 0.0690. The highest BCUT2D eigenvalue weighted by Crippen LogP contribution is 2.08. The molecule has 25 heavy (non-hydrogen) atoms. The van der Waals surface area contributed by atoms with Gasteiger partial charge in [-0.1, -0.05) is 30.3 Å². The highest BCUT2D eigenvalue weighted by Gasteiger charge is 2.16. The van der Waals surface area contributed by atoms with Gasteiger partial charge in [-0.15, -0.1) is 0 Å². The van der Waals surface area contributed by atoms with E-state index in [1.165, 1.54) is 18.0 Å². The fraction of sp³-hybridized carbons (Fsp3) is 0.389. The number of aromatic carboxylic acids is 1. The summed E-state index contributed by atoms with van der Waals surface area (Å²) in [5.74, 6) is -0.458. The monoisotopic (exact) mass is 341 g/mol. The van der Waals surface area contributed by atoms with Crippen molar-refractivity contribution >= 4 is 11.8 Å². The molecule has 2 heterocycles. The fourth-order valence-corrected chi connectivity index (χ4v) is 2.88. The Balaban J connectivity index is 1.36. The molecule has 0 unspecified atom stereocenters. The lowest BCUT2D eigenvalue weighted by Crippen LogP contribution is -2.47. The summed E-state index contributed by atoms with van der Waals surface area (Å²) < 4.78 is 0. The van der Waals surface area contributed by atoms with Crippen LogP contribution in [0.25, 0.3) is 0 Å². The van der Waals surface area contributed by atoms with Gasteiger partial charge in [-0.3, -0.25) is 9.80 Å². The minimum Gasteiger partial charge on any atom is -0.476 e. The van der Waals surface area contributed by atoms with E-state index < -0.39 is 5.97 Å². The Bertz CT molecular complexity index is 670. The zero-order chi connectivity index (χ0) is 17.5.